The molecule has 6 heterocycles. The van der Waals surface area contributed by atoms with E-state index in [-0.39, 0.29) is 0 Å². The van der Waals surface area contributed by atoms with E-state index >= 15 is 0 Å². The lowest BCUT2D eigenvalue weighted by Gasteiger charge is -2.28. The molecule has 59 heavy (non-hydrogen) atoms. The summed E-state index contributed by atoms with van der Waals surface area (Å²) in [5.74, 6) is 0.508. The molecule has 0 radical (unpaired) electrons. The summed E-state index contributed by atoms with van der Waals surface area (Å²) in [5.41, 5.74) is 15.0. The first kappa shape index (κ1) is 39.6. The van der Waals surface area contributed by atoms with Crippen LogP contribution in [-0.4, -0.2) is 74.0 Å². The number of anilines is 5. The summed E-state index contributed by atoms with van der Waals surface area (Å²) in [6.45, 7) is 12.6. The summed E-state index contributed by atoms with van der Waals surface area (Å²) >= 11 is 0. The van der Waals surface area contributed by atoms with Crippen molar-refractivity contribution < 1.29 is 13.9 Å². The number of aromatic nitrogens is 2. The number of hydrogen-bond donors (Lipinski definition) is 3. The van der Waals surface area contributed by atoms with Gasteiger partial charge in [0.15, 0.2) is 0 Å². The SMILES string of the molecule is C1COCCN1.Cc1cccc(Nc2ccc3c(c2)C(c2ccnc(F)c2)=NC3)c1.Cc1cccc(Nc2ccc3c(c2)C(c2ccnc(N4CCOCC4)c2)=NC3)c1. The van der Waals surface area contributed by atoms with Crippen LogP contribution < -0.4 is 20.9 Å². The van der Waals surface area contributed by atoms with Crippen molar-refractivity contribution in [2.45, 2.75) is 26.9 Å². The standard InChI is InChI=1S/C24H24N4O.C20H16FN3.C4H9NO/c1-17-3-2-4-20(13-17)27-21-6-5-19-16-26-24(22(19)15-21)18-7-8-25-23(14-18)28-9-11-29-12-10-28;1-13-3-2-4-16(9-13)24-17-6-5-15-12-23-20(18(15)11-17)14-7-8-22-19(21)10-14;1-3-6-4-2-5-1/h2-8,13-15,27H,9-12,16H2,1H3;2-11,24H,12H2,1H3;5H,1-4H2. The zero-order valence-electron chi connectivity index (χ0n) is 33.5. The number of fused-ring (bicyclic) bond motifs is 2. The lowest BCUT2D eigenvalue weighted by Crippen LogP contribution is -2.36. The first-order valence-electron chi connectivity index (χ1n) is 20.2. The molecule has 0 atom stereocenters. The van der Waals surface area contributed by atoms with Crippen molar-refractivity contribution in [2.75, 3.05) is 68.1 Å². The molecule has 0 saturated carbocycles. The number of rotatable bonds is 7. The van der Waals surface area contributed by atoms with Crippen molar-refractivity contribution in [1.29, 1.82) is 0 Å². The third-order valence-corrected chi connectivity index (χ3v) is 10.4. The minimum absolute atomic E-state index is 0.488. The van der Waals surface area contributed by atoms with Crippen LogP contribution in [0.25, 0.3) is 0 Å². The third kappa shape index (κ3) is 10.2. The lowest BCUT2D eigenvalue weighted by molar-refractivity contribution is 0.109. The van der Waals surface area contributed by atoms with Crippen molar-refractivity contribution in [3.05, 3.63) is 172 Å². The summed E-state index contributed by atoms with van der Waals surface area (Å²) < 4.78 is 23.9. The highest BCUT2D eigenvalue weighted by atomic mass is 19.1. The monoisotopic (exact) mass is 788 g/mol. The van der Waals surface area contributed by atoms with Crippen molar-refractivity contribution >= 4 is 40.0 Å². The molecule has 4 aromatic carbocycles. The number of benzene rings is 4. The molecule has 4 aliphatic rings. The van der Waals surface area contributed by atoms with E-state index in [1.54, 1.807) is 6.07 Å². The zero-order chi connectivity index (χ0) is 40.4. The molecule has 300 valence electrons. The van der Waals surface area contributed by atoms with Gasteiger partial charge in [-0.2, -0.15) is 4.39 Å². The van der Waals surface area contributed by atoms with Crippen LogP contribution in [0.4, 0.5) is 33.0 Å². The lowest BCUT2D eigenvalue weighted by atomic mass is 10.00. The maximum absolute atomic E-state index is 13.4. The van der Waals surface area contributed by atoms with Crippen LogP contribution in [0.3, 0.4) is 0 Å². The van der Waals surface area contributed by atoms with Gasteiger partial charge in [-0.3, -0.25) is 9.98 Å². The van der Waals surface area contributed by atoms with Crippen LogP contribution in [0.15, 0.2) is 132 Å². The Kier molecular flexibility index (Phi) is 12.7. The van der Waals surface area contributed by atoms with Gasteiger partial charge in [0.05, 0.1) is 50.9 Å². The molecule has 0 unspecified atom stereocenters. The second kappa shape index (κ2) is 19.0. The van der Waals surface area contributed by atoms with Crippen LogP contribution in [0.2, 0.25) is 0 Å². The summed E-state index contributed by atoms with van der Waals surface area (Å²) in [6.07, 6.45) is 3.36. The van der Waals surface area contributed by atoms with Crippen molar-refractivity contribution in [3.63, 3.8) is 0 Å². The van der Waals surface area contributed by atoms with Crippen LogP contribution in [0, 0.1) is 19.8 Å². The van der Waals surface area contributed by atoms with E-state index < -0.39 is 5.95 Å². The molecule has 10 nitrogen and oxygen atoms in total. The fourth-order valence-electron chi connectivity index (χ4n) is 7.39. The van der Waals surface area contributed by atoms with Gasteiger partial charge in [0.2, 0.25) is 5.95 Å². The molecule has 0 spiro atoms. The Labute approximate surface area is 345 Å². The minimum Gasteiger partial charge on any atom is -0.379 e. The van der Waals surface area contributed by atoms with Gasteiger partial charge in [-0.15, -0.1) is 0 Å². The highest BCUT2D eigenvalue weighted by Crippen LogP contribution is 2.30. The molecule has 2 saturated heterocycles. The largest absolute Gasteiger partial charge is 0.379 e. The Balaban J connectivity index is 0.000000146. The van der Waals surface area contributed by atoms with Gasteiger partial charge in [-0.05, 0) is 103 Å². The Morgan fingerprint density at radius 2 is 1.10 bits per heavy atom. The molecule has 6 aromatic rings. The minimum atomic E-state index is -0.488. The third-order valence-electron chi connectivity index (χ3n) is 10.4. The Hall–Kier alpha value is -6.27. The molecular formula is C48H49FN8O2. The van der Waals surface area contributed by atoms with E-state index in [4.69, 9.17) is 14.5 Å². The number of morpholine rings is 2. The maximum Gasteiger partial charge on any atom is 0.213 e. The molecule has 0 bridgehead atoms. The fourth-order valence-corrected chi connectivity index (χ4v) is 7.39. The predicted molar refractivity (Wildman–Crippen MR) is 236 cm³/mol. The summed E-state index contributed by atoms with van der Waals surface area (Å²) in [4.78, 5) is 19.9. The molecule has 2 aromatic heterocycles. The molecule has 3 N–H and O–H groups in total. The van der Waals surface area contributed by atoms with Crippen LogP contribution in [0.5, 0.6) is 0 Å². The number of hydrogen-bond acceptors (Lipinski definition) is 10. The molecule has 0 aliphatic carbocycles. The Morgan fingerprint density at radius 1 is 0.576 bits per heavy atom. The van der Waals surface area contributed by atoms with Gasteiger partial charge < -0.3 is 30.3 Å². The van der Waals surface area contributed by atoms with Gasteiger partial charge >= 0.3 is 0 Å². The Morgan fingerprint density at radius 3 is 1.61 bits per heavy atom. The second-order valence-electron chi connectivity index (χ2n) is 14.8. The van der Waals surface area contributed by atoms with Crippen molar-refractivity contribution in [3.8, 4) is 0 Å². The fraction of sp³-hybridized carbons (Fsp3) is 0.250. The van der Waals surface area contributed by atoms with Gasteiger partial charge in [0.25, 0.3) is 0 Å². The molecular weight excluding hydrogens is 740 g/mol. The van der Waals surface area contributed by atoms with E-state index in [1.807, 2.05) is 24.4 Å². The van der Waals surface area contributed by atoms with Gasteiger partial charge in [-0.1, -0.05) is 36.4 Å². The maximum atomic E-state index is 13.4. The summed E-state index contributed by atoms with van der Waals surface area (Å²) in [7, 11) is 0. The van der Waals surface area contributed by atoms with E-state index in [0.29, 0.717) is 6.54 Å². The molecule has 2 fully saturated rings. The van der Waals surface area contributed by atoms with Crippen LogP contribution >= 0.6 is 0 Å². The van der Waals surface area contributed by atoms with Gasteiger partial charge in [-0.25, -0.2) is 9.97 Å². The van der Waals surface area contributed by atoms with Gasteiger partial charge in [0.1, 0.15) is 5.82 Å². The Bertz CT molecular complexity index is 2450. The van der Waals surface area contributed by atoms with E-state index in [2.05, 4.69) is 129 Å². The average molecular weight is 789 g/mol. The van der Waals surface area contributed by atoms with Crippen LogP contribution in [-0.2, 0) is 22.6 Å². The topological polar surface area (TPSA) is 108 Å². The van der Waals surface area contributed by atoms with E-state index in [1.165, 1.54) is 34.5 Å². The smallest absolute Gasteiger partial charge is 0.213 e. The van der Waals surface area contributed by atoms with Crippen LogP contribution in [0.1, 0.15) is 44.5 Å². The van der Waals surface area contributed by atoms with Crippen molar-refractivity contribution in [1.82, 2.24) is 15.3 Å². The molecule has 11 heteroatoms. The van der Waals surface area contributed by atoms with Crippen molar-refractivity contribution in [2.24, 2.45) is 9.98 Å². The van der Waals surface area contributed by atoms with E-state index in [0.717, 1.165) is 121 Å². The molecule has 4 aliphatic heterocycles. The first-order valence-corrected chi connectivity index (χ1v) is 20.2. The second-order valence-corrected chi connectivity index (χ2v) is 14.8. The normalized spacial score (nSPS) is 15.3. The number of nitrogens with one attached hydrogen (secondary N) is 3. The summed E-state index contributed by atoms with van der Waals surface area (Å²) in [6, 6.07) is 36.8. The number of nitrogens with zero attached hydrogens (tertiary/aromatic N) is 5. The summed E-state index contributed by atoms with van der Waals surface area (Å²) in [5, 5.41) is 10.1. The highest BCUT2D eigenvalue weighted by molar-refractivity contribution is 6.16. The number of aryl methyl sites for hydroxylation is 2. The first-order chi connectivity index (χ1) is 28.9. The number of halogens is 1. The quantitative estimate of drug-likeness (QED) is 0.138. The van der Waals surface area contributed by atoms with Gasteiger partial charge in [0, 0.05) is 89.6 Å². The zero-order valence-corrected chi connectivity index (χ0v) is 33.5. The van der Waals surface area contributed by atoms with E-state index in [9.17, 15) is 4.39 Å². The highest BCUT2D eigenvalue weighted by Gasteiger charge is 2.21. The molecule has 0 amide bonds. The number of aliphatic imine (C=N–C) groups is 2. The average Bonchev–Trinajstić information content (AvgIpc) is 3.89. The predicted octanol–water partition coefficient (Wildman–Crippen LogP) is 8.55. The molecule has 10 rings (SSSR count). The number of pyridine rings is 2. The number of ether oxygens (including phenoxy) is 2.